The van der Waals surface area contributed by atoms with Gasteiger partial charge in [-0.2, -0.15) is 0 Å². The molecule has 0 spiro atoms. The molecule has 8 aromatic carbocycles. The maximum Gasteiger partial charge on any atom is 0.0554 e. The number of rotatable bonds is 4. The summed E-state index contributed by atoms with van der Waals surface area (Å²) in [4.78, 5) is 2.44. The van der Waals surface area contributed by atoms with Crippen molar-refractivity contribution in [3.8, 4) is 5.69 Å². The highest BCUT2D eigenvalue weighted by Gasteiger charge is 2.21. The molecular formula is C44H28N2S. The molecule has 0 fully saturated rings. The Hall–Kier alpha value is -5.90. The van der Waals surface area contributed by atoms with E-state index in [1.807, 2.05) is 11.3 Å². The first kappa shape index (κ1) is 26.3. The standard InChI is InChI=1S/C44H28N2S/c1-3-14-31(15-4-1)45(39-20-11-21-41-43(39)36-25-22-30-13-8-10-19-35(30)44(36)47-41)33-24-27-38-37(28-33)42-34-18-9-7-12-29(34)23-26-40(42)46(38)32-16-5-2-6-17-32/h1-28H. The van der Waals surface area contributed by atoms with Gasteiger partial charge in [-0.1, -0.05) is 109 Å². The molecule has 2 heterocycles. The lowest BCUT2D eigenvalue weighted by Crippen LogP contribution is -2.10. The first-order valence-electron chi connectivity index (χ1n) is 16.0. The second-order valence-corrected chi connectivity index (χ2v) is 13.2. The fourth-order valence-corrected chi connectivity index (χ4v) is 8.76. The van der Waals surface area contributed by atoms with Crippen molar-refractivity contribution in [2.75, 3.05) is 4.90 Å². The Bertz CT molecular complexity index is 2790. The summed E-state index contributed by atoms with van der Waals surface area (Å²) in [6.45, 7) is 0. The summed E-state index contributed by atoms with van der Waals surface area (Å²) in [6.07, 6.45) is 0. The van der Waals surface area contributed by atoms with E-state index >= 15 is 0 Å². The Morgan fingerprint density at radius 3 is 1.94 bits per heavy atom. The molecule has 0 radical (unpaired) electrons. The highest BCUT2D eigenvalue weighted by atomic mass is 32.1. The van der Waals surface area contributed by atoms with E-state index in [0.29, 0.717) is 0 Å². The lowest BCUT2D eigenvalue weighted by Gasteiger charge is -2.26. The molecule has 220 valence electrons. The zero-order chi connectivity index (χ0) is 30.9. The Labute approximate surface area is 276 Å². The predicted molar refractivity (Wildman–Crippen MR) is 203 cm³/mol. The van der Waals surface area contributed by atoms with Gasteiger partial charge in [-0.15, -0.1) is 11.3 Å². The maximum atomic E-state index is 2.44. The molecule has 2 aromatic heterocycles. The van der Waals surface area contributed by atoms with E-state index in [1.54, 1.807) is 0 Å². The van der Waals surface area contributed by atoms with Gasteiger partial charge in [-0.05, 0) is 82.2 Å². The molecule has 0 aliphatic heterocycles. The van der Waals surface area contributed by atoms with Crippen molar-refractivity contribution in [1.29, 1.82) is 0 Å². The SMILES string of the molecule is c1ccc(N(c2ccc3c(c2)c2c4ccccc4ccc2n3-c2ccccc2)c2cccc3sc4c5ccccc5ccc4c23)cc1. The molecule has 2 nitrogen and oxygen atoms in total. The molecule has 0 aliphatic carbocycles. The van der Waals surface area contributed by atoms with Gasteiger partial charge < -0.3 is 9.47 Å². The minimum absolute atomic E-state index is 1.14. The van der Waals surface area contributed by atoms with Crippen LogP contribution in [0.5, 0.6) is 0 Å². The Morgan fingerprint density at radius 2 is 1.11 bits per heavy atom. The van der Waals surface area contributed by atoms with Gasteiger partial charge in [0.05, 0.1) is 16.7 Å². The molecule has 0 bridgehead atoms. The number of benzene rings is 8. The van der Waals surface area contributed by atoms with E-state index in [-0.39, 0.29) is 0 Å². The van der Waals surface area contributed by atoms with Crippen LogP contribution in [0, 0.1) is 0 Å². The third kappa shape index (κ3) is 3.97. The van der Waals surface area contributed by atoms with E-state index in [0.717, 1.165) is 17.1 Å². The van der Waals surface area contributed by atoms with E-state index < -0.39 is 0 Å². The van der Waals surface area contributed by atoms with Gasteiger partial charge in [0.2, 0.25) is 0 Å². The lowest BCUT2D eigenvalue weighted by atomic mass is 10.0. The van der Waals surface area contributed by atoms with E-state index in [1.165, 1.54) is 69.2 Å². The zero-order valence-corrected chi connectivity index (χ0v) is 26.3. The number of aromatic nitrogens is 1. The third-order valence-corrected chi connectivity index (χ3v) is 10.7. The fourth-order valence-electron chi connectivity index (χ4n) is 7.50. The van der Waals surface area contributed by atoms with Crippen molar-refractivity contribution in [1.82, 2.24) is 4.57 Å². The Kier molecular flexibility index (Phi) is 5.78. The normalized spacial score (nSPS) is 11.8. The second kappa shape index (κ2) is 10.3. The summed E-state index contributed by atoms with van der Waals surface area (Å²) < 4.78 is 5.04. The second-order valence-electron chi connectivity index (χ2n) is 12.1. The minimum Gasteiger partial charge on any atom is -0.310 e. The Balaban J connectivity index is 1.30. The molecule has 0 amide bonds. The van der Waals surface area contributed by atoms with Crippen LogP contribution in [0.4, 0.5) is 17.1 Å². The molecule has 10 rings (SSSR count). The lowest BCUT2D eigenvalue weighted by molar-refractivity contribution is 1.18. The molecule has 0 saturated heterocycles. The number of anilines is 3. The van der Waals surface area contributed by atoms with Crippen molar-refractivity contribution in [3.05, 3.63) is 170 Å². The van der Waals surface area contributed by atoms with Crippen LogP contribution in [0.3, 0.4) is 0 Å². The van der Waals surface area contributed by atoms with Crippen LogP contribution in [0.2, 0.25) is 0 Å². The van der Waals surface area contributed by atoms with Gasteiger partial charge in [0.25, 0.3) is 0 Å². The van der Waals surface area contributed by atoms with Crippen molar-refractivity contribution in [2.24, 2.45) is 0 Å². The van der Waals surface area contributed by atoms with Crippen LogP contribution in [0.1, 0.15) is 0 Å². The van der Waals surface area contributed by atoms with E-state index in [4.69, 9.17) is 0 Å². The number of hydrogen-bond acceptors (Lipinski definition) is 2. The third-order valence-electron chi connectivity index (χ3n) is 9.53. The van der Waals surface area contributed by atoms with Gasteiger partial charge in [-0.3, -0.25) is 0 Å². The summed E-state index contributed by atoms with van der Waals surface area (Å²) in [5.41, 5.74) is 7.03. The molecular weight excluding hydrogens is 589 g/mol. The first-order valence-corrected chi connectivity index (χ1v) is 16.8. The first-order chi connectivity index (χ1) is 23.3. The maximum absolute atomic E-state index is 2.44. The number of para-hydroxylation sites is 2. The van der Waals surface area contributed by atoms with Crippen LogP contribution in [0.25, 0.3) is 69.2 Å². The molecule has 0 atom stereocenters. The number of thiophene rings is 1. The summed E-state index contributed by atoms with van der Waals surface area (Å²) in [5.74, 6) is 0. The molecule has 0 aliphatic rings. The van der Waals surface area contributed by atoms with E-state index in [2.05, 4.69) is 179 Å². The smallest absolute Gasteiger partial charge is 0.0554 e. The Morgan fingerprint density at radius 1 is 0.426 bits per heavy atom. The van der Waals surface area contributed by atoms with Gasteiger partial charge in [0, 0.05) is 48.0 Å². The number of nitrogens with zero attached hydrogens (tertiary/aromatic N) is 2. The van der Waals surface area contributed by atoms with Crippen LogP contribution < -0.4 is 4.90 Å². The van der Waals surface area contributed by atoms with Gasteiger partial charge in [-0.25, -0.2) is 0 Å². The molecule has 10 aromatic rings. The van der Waals surface area contributed by atoms with Crippen molar-refractivity contribution >= 4 is 91.9 Å². The number of fused-ring (bicyclic) bond motifs is 10. The van der Waals surface area contributed by atoms with Crippen molar-refractivity contribution in [2.45, 2.75) is 0 Å². The summed E-state index contributed by atoms with van der Waals surface area (Å²) in [6, 6.07) is 61.9. The summed E-state index contributed by atoms with van der Waals surface area (Å²) in [5, 5.41) is 10.2. The van der Waals surface area contributed by atoms with Crippen LogP contribution >= 0.6 is 11.3 Å². The highest BCUT2D eigenvalue weighted by molar-refractivity contribution is 7.26. The fraction of sp³-hybridized carbons (Fsp3) is 0. The monoisotopic (exact) mass is 616 g/mol. The average molecular weight is 617 g/mol. The molecule has 0 saturated carbocycles. The van der Waals surface area contributed by atoms with Crippen LogP contribution in [-0.4, -0.2) is 4.57 Å². The highest BCUT2D eigenvalue weighted by Crippen LogP contribution is 2.47. The predicted octanol–water partition coefficient (Wildman–Crippen LogP) is 12.9. The minimum atomic E-state index is 1.14. The van der Waals surface area contributed by atoms with Gasteiger partial charge >= 0.3 is 0 Å². The number of hydrogen-bond donors (Lipinski definition) is 0. The van der Waals surface area contributed by atoms with Crippen molar-refractivity contribution in [3.63, 3.8) is 0 Å². The topological polar surface area (TPSA) is 8.17 Å². The van der Waals surface area contributed by atoms with Gasteiger partial charge in [0.1, 0.15) is 0 Å². The largest absolute Gasteiger partial charge is 0.310 e. The summed E-state index contributed by atoms with van der Waals surface area (Å²) >= 11 is 1.89. The average Bonchev–Trinajstić information content (AvgIpc) is 3.69. The van der Waals surface area contributed by atoms with Crippen LogP contribution in [0.15, 0.2) is 170 Å². The molecule has 3 heteroatoms. The summed E-state index contributed by atoms with van der Waals surface area (Å²) in [7, 11) is 0. The molecule has 0 N–H and O–H groups in total. The molecule has 47 heavy (non-hydrogen) atoms. The van der Waals surface area contributed by atoms with Gasteiger partial charge in [0.15, 0.2) is 0 Å². The molecule has 0 unspecified atom stereocenters. The van der Waals surface area contributed by atoms with Crippen LogP contribution in [-0.2, 0) is 0 Å². The van der Waals surface area contributed by atoms with E-state index in [9.17, 15) is 0 Å². The van der Waals surface area contributed by atoms with Crippen molar-refractivity contribution < 1.29 is 0 Å². The quantitative estimate of drug-likeness (QED) is 0.191. The zero-order valence-electron chi connectivity index (χ0n) is 25.5.